The van der Waals surface area contributed by atoms with E-state index in [1.165, 1.54) is 96.8 Å². The van der Waals surface area contributed by atoms with Crippen molar-refractivity contribution in [2.45, 2.75) is 109 Å². The molecule has 0 aromatic carbocycles. The molecule has 2 heterocycles. The Morgan fingerprint density at radius 2 is 1.16 bits per heavy atom. The maximum absolute atomic E-state index is 2.86. The molecule has 2 heteroatoms. The van der Waals surface area contributed by atoms with Gasteiger partial charge in [0.25, 0.3) is 0 Å². The van der Waals surface area contributed by atoms with Gasteiger partial charge in [0.15, 0.2) is 0 Å². The van der Waals surface area contributed by atoms with Crippen molar-refractivity contribution in [1.82, 2.24) is 9.80 Å². The van der Waals surface area contributed by atoms with Gasteiger partial charge in [-0.1, -0.05) is 32.1 Å². The molecule has 3 aliphatic rings. The maximum atomic E-state index is 2.86. The average molecular weight is 349 g/mol. The van der Waals surface area contributed by atoms with Crippen molar-refractivity contribution in [2.75, 3.05) is 26.2 Å². The lowest BCUT2D eigenvalue weighted by atomic mass is 9.73. The summed E-state index contributed by atoms with van der Waals surface area (Å²) >= 11 is 0. The van der Waals surface area contributed by atoms with E-state index in [4.69, 9.17) is 0 Å². The Morgan fingerprint density at radius 3 is 1.80 bits per heavy atom. The summed E-state index contributed by atoms with van der Waals surface area (Å²) in [6.07, 6.45) is 15.8. The fraction of sp³-hybridized carbons (Fsp3) is 1.00. The molecule has 2 aliphatic heterocycles. The largest absolute Gasteiger partial charge is 0.298 e. The van der Waals surface area contributed by atoms with Crippen LogP contribution in [-0.4, -0.2) is 47.1 Å². The zero-order chi connectivity index (χ0) is 17.9. The summed E-state index contributed by atoms with van der Waals surface area (Å²) in [5, 5.41) is 0. The molecule has 2 saturated heterocycles. The van der Waals surface area contributed by atoms with Crippen LogP contribution in [0.5, 0.6) is 0 Å². The standard InChI is InChI=1S/C23H44N2/c1-22(2,24-16-9-5-6-10-17-24)14-15-23(3,4)25-18-13-20-11-7-8-12-21(20)19-25/h20-21H,5-19H2,1-4H3/t20-,21+/m0/s1. The Kier molecular flexibility index (Phi) is 6.53. The number of fused-ring (bicyclic) bond motifs is 1. The molecular weight excluding hydrogens is 304 g/mol. The molecule has 2 nitrogen and oxygen atoms in total. The second kappa shape index (κ2) is 8.30. The van der Waals surface area contributed by atoms with E-state index in [9.17, 15) is 0 Å². The summed E-state index contributed by atoms with van der Waals surface area (Å²) in [4.78, 5) is 5.65. The molecule has 0 amide bonds. The van der Waals surface area contributed by atoms with E-state index in [1.807, 2.05) is 0 Å². The van der Waals surface area contributed by atoms with Crippen LogP contribution < -0.4 is 0 Å². The van der Waals surface area contributed by atoms with Crippen LogP contribution in [-0.2, 0) is 0 Å². The molecule has 0 aromatic rings. The number of rotatable bonds is 5. The third-order valence-corrected chi connectivity index (χ3v) is 7.96. The predicted octanol–water partition coefficient (Wildman–Crippen LogP) is 5.71. The molecule has 146 valence electrons. The summed E-state index contributed by atoms with van der Waals surface area (Å²) in [5.41, 5.74) is 0.732. The average Bonchev–Trinajstić information content (AvgIpc) is 2.90. The Labute approximate surface area is 157 Å². The van der Waals surface area contributed by atoms with Crippen LogP contribution in [0.3, 0.4) is 0 Å². The van der Waals surface area contributed by atoms with E-state index in [0.29, 0.717) is 11.1 Å². The van der Waals surface area contributed by atoms with Gasteiger partial charge in [0.1, 0.15) is 0 Å². The topological polar surface area (TPSA) is 6.48 Å². The van der Waals surface area contributed by atoms with Gasteiger partial charge in [0.2, 0.25) is 0 Å². The van der Waals surface area contributed by atoms with Crippen molar-refractivity contribution in [2.24, 2.45) is 11.8 Å². The van der Waals surface area contributed by atoms with Crippen molar-refractivity contribution >= 4 is 0 Å². The first-order chi connectivity index (χ1) is 11.9. The van der Waals surface area contributed by atoms with Crippen molar-refractivity contribution in [3.8, 4) is 0 Å². The lowest BCUT2D eigenvalue weighted by Gasteiger charge is -2.49. The molecule has 0 aromatic heterocycles. The van der Waals surface area contributed by atoms with Gasteiger partial charge < -0.3 is 0 Å². The Morgan fingerprint density at radius 1 is 0.600 bits per heavy atom. The first kappa shape index (κ1) is 19.7. The fourth-order valence-electron chi connectivity index (χ4n) is 5.75. The highest BCUT2D eigenvalue weighted by Gasteiger charge is 2.38. The number of likely N-dealkylation sites (tertiary alicyclic amines) is 2. The van der Waals surface area contributed by atoms with Crippen LogP contribution in [0.2, 0.25) is 0 Å². The third-order valence-electron chi connectivity index (χ3n) is 7.96. The molecule has 3 fully saturated rings. The molecule has 2 atom stereocenters. The Hall–Kier alpha value is -0.0800. The second-order valence-corrected chi connectivity index (χ2v) is 10.6. The molecular formula is C23H44N2. The van der Waals surface area contributed by atoms with Crippen molar-refractivity contribution < 1.29 is 0 Å². The summed E-state index contributed by atoms with van der Waals surface area (Å²) in [5.74, 6) is 2.05. The number of hydrogen-bond donors (Lipinski definition) is 0. The van der Waals surface area contributed by atoms with Gasteiger partial charge in [-0.05, 0) is 97.7 Å². The highest BCUT2D eigenvalue weighted by molar-refractivity contribution is 4.93. The van der Waals surface area contributed by atoms with E-state index in [1.54, 1.807) is 0 Å². The van der Waals surface area contributed by atoms with Gasteiger partial charge in [-0.3, -0.25) is 9.80 Å². The van der Waals surface area contributed by atoms with Gasteiger partial charge >= 0.3 is 0 Å². The fourth-order valence-corrected chi connectivity index (χ4v) is 5.75. The summed E-state index contributed by atoms with van der Waals surface area (Å²) in [7, 11) is 0. The van der Waals surface area contributed by atoms with Crippen molar-refractivity contribution in [1.29, 1.82) is 0 Å². The molecule has 0 radical (unpaired) electrons. The van der Waals surface area contributed by atoms with Crippen LogP contribution in [0.4, 0.5) is 0 Å². The minimum atomic E-state index is 0.366. The van der Waals surface area contributed by atoms with Crippen LogP contribution in [0.1, 0.15) is 98.3 Å². The smallest absolute Gasteiger partial charge is 0.0154 e. The molecule has 0 bridgehead atoms. The van der Waals surface area contributed by atoms with E-state index in [2.05, 4.69) is 37.5 Å². The van der Waals surface area contributed by atoms with Crippen molar-refractivity contribution in [3.63, 3.8) is 0 Å². The maximum Gasteiger partial charge on any atom is 0.0154 e. The molecule has 0 unspecified atom stereocenters. The van der Waals surface area contributed by atoms with Gasteiger partial charge in [0.05, 0.1) is 0 Å². The molecule has 25 heavy (non-hydrogen) atoms. The van der Waals surface area contributed by atoms with Gasteiger partial charge in [-0.2, -0.15) is 0 Å². The Bertz CT molecular complexity index is 406. The lowest BCUT2D eigenvalue weighted by molar-refractivity contribution is 0.00602. The molecule has 0 N–H and O–H groups in total. The molecule has 1 saturated carbocycles. The summed E-state index contributed by atoms with van der Waals surface area (Å²) < 4.78 is 0. The van der Waals surface area contributed by atoms with E-state index < -0.39 is 0 Å². The predicted molar refractivity (Wildman–Crippen MR) is 109 cm³/mol. The van der Waals surface area contributed by atoms with Gasteiger partial charge in [-0.15, -0.1) is 0 Å². The van der Waals surface area contributed by atoms with Gasteiger partial charge in [0, 0.05) is 17.6 Å². The number of hydrogen-bond acceptors (Lipinski definition) is 2. The van der Waals surface area contributed by atoms with Crippen LogP contribution in [0, 0.1) is 11.8 Å². The highest BCUT2D eigenvalue weighted by Crippen LogP contribution is 2.39. The quantitative estimate of drug-likeness (QED) is 0.627. The Balaban J connectivity index is 1.53. The number of piperidine rings is 1. The SMILES string of the molecule is CC(C)(CCC(C)(C)N1CC[C@@H]2CCCC[C@@H]2C1)N1CCCCCC1. The van der Waals surface area contributed by atoms with E-state index in [-0.39, 0.29) is 0 Å². The normalized spacial score (nSPS) is 30.7. The first-order valence-corrected chi connectivity index (χ1v) is 11.4. The number of nitrogens with zero attached hydrogens (tertiary/aromatic N) is 2. The molecule has 0 spiro atoms. The third kappa shape index (κ3) is 5.01. The summed E-state index contributed by atoms with van der Waals surface area (Å²) in [6, 6.07) is 0. The lowest BCUT2D eigenvalue weighted by Crippen LogP contribution is -2.53. The van der Waals surface area contributed by atoms with Crippen LogP contribution >= 0.6 is 0 Å². The zero-order valence-electron chi connectivity index (χ0n) is 17.7. The summed E-state index contributed by atoms with van der Waals surface area (Å²) in [6.45, 7) is 15.4. The van der Waals surface area contributed by atoms with E-state index in [0.717, 1.165) is 11.8 Å². The van der Waals surface area contributed by atoms with E-state index >= 15 is 0 Å². The van der Waals surface area contributed by atoms with Gasteiger partial charge in [-0.25, -0.2) is 0 Å². The zero-order valence-corrected chi connectivity index (χ0v) is 17.7. The minimum Gasteiger partial charge on any atom is -0.298 e. The highest BCUT2D eigenvalue weighted by atomic mass is 15.2. The monoisotopic (exact) mass is 348 g/mol. The van der Waals surface area contributed by atoms with Crippen LogP contribution in [0.25, 0.3) is 0 Å². The molecule has 3 rings (SSSR count). The van der Waals surface area contributed by atoms with Crippen LogP contribution in [0.15, 0.2) is 0 Å². The second-order valence-electron chi connectivity index (χ2n) is 10.6. The minimum absolute atomic E-state index is 0.366. The van der Waals surface area contributed by atoms with Crippen molar-refractivity contribution in [3.05, 3.63) is 0 Å². The first-order valence-electron chi connectivity index (χ1n) is 11.4. The molecule has 1 aliphatic carbocycles.